The van der Waals surface area contributed by atoms with Gasteiger partial charge < -0.3 is 19.3 Å². The fraction of sp³-hybridized carbons (Fsp3) is 0.714. The largest absolute Gasteiger partial charge is 0.367 e. The predicted molar refractivity (Wildman–Crippen MR) is 109 cm³/mol. The van der Waals surface area contributed by atoms with Crippen LogP contribution in [-0.2, 0) is 14.9 Å². The molecule has 0 bridgehead atoms. The summed E-state index contributed by atoms with van der Waals surface area (Å²) in [4.78, 5) is 5.22. The molecule has 1 atom stereocenters. The summed E-state index contributed by atoms with van der Waals surface area (Å²) in [5.74, 6) is -0.415. The second kappa shape index (κ2) is 6.77. The maximum absolute atomic E-state index is 5.98. The molecule has 0 aliphatic carbocycles. The number of likely N-dealkylation sites (tertiary alicyclic amines) is 1. The quantitative estimate of drug-likeness (QED) is 0.729. The first-order valence-electron chi connectivity index (χ1n) is 9.84. The van der Waals surface area contributed by atoms with E-state index in [-0.39, 0.29) is 11.5 Å². The summed E-state index contributed by atoms with van der Waals surface area (Å²) in [5.41, 5.74) is 3.13. The summed E-state index contributed by atoms with van der Waals surface area (Å²) in [7, 11) is 0. The molecule has 1 aromatic rings. The van der Waals surface area contributed by atoms with E-state index in [4.69, 9.17) is 9.47 Å². The Morgan fingerprint density at radius 2 is 1.88 bits per heavy atom. The van der Waals surface area contributed by atoms with Gasteiger partial charge in [0.1, 0.15) is 0 Å². The molecule has 4 rings (SSSR count). The minimum atomic E-state index is -0.415. The Morgan fingerprint density at radius 1 is 1.15 bits per heavy atom. The van der Waals surface area contributed by atoms with Crippen LogP contribution < -0.4 is 4.90 Å². The number of ether oxygens (including phenoxy) is 2. The van der Waals surface area contributed by atoms with Crippen LogP contribution in [0.15, 0.2) is 22.7 Å². The molecule has 3 heterocycles. The zero-order chi connectivity index (χ0) is 18.5. The number of nitrogens with zero attached hydrogens (tertiary/aromatic N) is 2. The van der Waals surface area contributed by atoms with Crippen LogP contribution in [0.25, 0.3) is 0 Å². The van der Waals surface area contributed by atoms with Crippen molar-refractivity contribution in [2.75, 3.05) is 37.7 Å². The van der Waals surface area contributed by atoms with Gasteiger partial charge in [0.25, 0.3) is 0 Å². The van der Waals surface area contributed by atoms with Crippen LogP contribution in [0.5, 0.6) is 0 Å². The Kier molecular flexibility index (Phi) is 4.87. The Labute approximate surface area is 166 Å². The molecule has 2 saturated heterocycles. The molecule has 5 heteroatoms. The number of fused-ring (bicyclic) bond motifs is 1. The average Bonchev–Trinajstić information content (AvgIpc) is 3.05. The number of rotatable bonds is 3. The molecule has 144 valence electrons. The van der Waals surface area contributed by atoms with Gasteiger partial charge in [-0.05, 0) is 50.5 Å². The highest BCUT2D eigenvalue weighted by atomic mass is 79.9. The molecule has 3 aliphatic heterocycles. The maximum Gasteiger partial charge on any atom is 0.163 e. The number of piperidine rings is 1. The molecule has 0 amide bonds. The smallest absolute Gasteiger partial charge is 0.163 e. The van der Waals surface area contributed by atoms with Crippen LogP contribution in [0, 0.1) is 0 Å². The predicted octanol–water partition coefficient (Wildman–Crippen LogP) is 4.16. The molecule has 3 aliphatic rings. The van der Waals surface area contributed by atoms with E-state index in [1.54, 1.807) is 0 Å². The molecule has 26 heavy (non-hydrogen) atoms. The van der Waals surface area contributed by atoms with Gasteiger partial charge in [0.05, 0.1) is 12.7 Å². The maximum atomic E-state index is 5.98. The summed E-state index contributed by atoms with van der Waals surface area (Å²) in [6.07, 6.45) is 2.66. The number of hydrogen-bond donors (Lipinski definition) is 0. The monoisotopic (exact) mass is 422 g/mol. The molecule has 1 aromatic carbocycles. The SMILES string of the molecule is CC1(C)OCC(CN2CCC(N3CC(C)(C)c4cc(Br)ccc43)CC2)O1. The topological polar surface area (TPSA) is 24.9 Å². The molecule has 0 N–H and O–H groups in total. The van der Waals surface area contributed by atoms with Crippen molar-refractivity contribution < 1.29 is 9.47 Å². The summed E-state index contributed by atoms with van der Waals surface area (Å²) in [5, 5.41) is 0. The van der Waals surface area contributed by atoms with Gasteiger partial charge >= 0.3 is 0 Å². The highest BCUT2D eigenvalue weighted by Gasteiger charge is 2.40. The number of benzene rings is 1. The van der Waals surface area contributed by atoms with Crippen molar-refractivity contribution >= 4 is 21.6 Å². The minimum Gasteiger partial charge on any atom is -0.367 e. The Morgan fingerprint density at radius 3 is 2.54 bits per heavy atom. The van der Waals surface area contributed by atoms with Crippen molar-refractivity contribution in [1.29, 1.82) is 0 Å². The lowest BCUT2D eigenvalue weighted by molar-refractivity contribution is -0.140. The van der Waals surface area contributed by atoms with E-state index in [1.807, 2.05) is 13.8 Å². The highest BCUT2D eigenvalue weighted by Crippen LogP contribution is 2.43. The van der Waals surface area contributed by atoms with E-state index >= 15 is 0 Å². The van der Waals surface area contributed by atoms with Gasteiger partial charge in [-0.1, -0.05) is 29.8 Å². The lowest BCUT2D eigenvalue weighted by Crippen LogP contribution is -2.47. The van der Waals surface area contributed by atoms with Crippen molar-refractivity contribution in [3.05, 3.63) is 28.2 Å². The van der Waals surface area contributed by atoms with Crippen LogP contribution in [-0.4, -0.2) is 55.6 Å². The fourth-order valence-corrected chi connectivity index (χ4v) is 5.14. The highest BCUT2D eigenvalue weighted by molar-refractivity contribution is 9.10. The molecule has 0 aromatic heterocycles. The lowest BCUT2D eigenvalue weighted by atomic mass is 9.87. The van der Waals surface area contributed by atoms with Gasteiger partial charge in [-0.3, -0.25) is 0 Å². The van der Waals surface area contributed by atoms with E-state index in [2.05, 4.69) is 57.8 Å². The van der Waals surface area contributed by atoms with E-state index in [9.17, 15) is 0 Å². The van der Waals surface area contributed by atoms with Crippen molar-refractivity contribution in [3.63, 3.8) is 0 Å². The van der Waals surface area contributed by atoms with E-state index in [1.165, 1.54) is 28.6 Å². The second-order valence-electron chi connectivity index (χ2n) is 9.16. The van der Waals surface area contributed by atoms with E-state index in [0.717, 1.165) is 32.8 Å². The molecule has 0 spiro atoms. The van der Waals surface area contributed by atoms with Crippen molar-refractivity contribution in [3.8, 4) is 0 Å². The third kappa shape index (κ3) is 3.68. The van der Waals surface area contributed by atoms with Crippen LogP contribution in [0.2, 0.25) is 0 Å². The number of hydrogen-bond acceptors (Lipinski definition) is 4. The van der Waals surface area contributed by atoms with Crippen molar-refractivity contribution in [2.45, 2.75) is 63.9 Å². The zero-order valence-electron chi connectivity index (χ0n) is 16.4. The molecule has 0 saturated carbocycles. The third-order valence-electron chi connectivity index (χ3n) is 6.09. The minimum absolute atomic E-state index is 0.213. The molecular weight excluding hydrogens is 392 g/mol. The Bertz CT molecular complexity index is 668. The third-order valence-corrected chi connectivity index (χ3v) is 6.58. The fourth-order valence-electron chi connectivity index (χ4n) is 4.78. The van der Waals surface area contributed by atoms with Gasteiger partial charge in [0, 0.05) is 47.8 Å². The lowest BCUT2D eigenvalue weighted by Gasteiger charge is -2.39. The average molecular weight is 423 g/mol. The first kappa shape index (κ1) is 18.7. The second-order valence-corrected chi connectivity index (χ2v) is 10.1. The van der Waals surface area contributed by atoms with Gasteiger partial charge in [0.15, 0.2) is 5.79 Å². The van der Waals surface area contributed by atoms with Crippen molar-refractivity contribution in [2.24, 2.45) is 0 Å². The van der Waals surface area contributed by atoms with Crippen LogP contribution in [0.3, 0.4) is 0 Å². The molecule has 0 radical (unpaired) electrons. The van der Waals surface area contributed by atoms with Crippen LogP contribution in [0.1, 0.15) is 46.1 Å². The summed E-state index contributed by atoms with van der Waals surface area (Å²) < 4.78 is 12.9. The molecule has 4 nitrogen and oxygen atoms in total. The van der Waals surface area contributed by atoms with Gasteiger partial charge in [0.2, 0.25) is 0 Å². The van der Waals surface area contributed by atoms with Gasteiger partial charge in [-0.2, -0.15) is 0 Å². The van der Waals surface area contributed by atoms with E-state index < -0.39 is 5.79 Å². The summed E-state index contributed by atoms with van der Waals surface area (Å²) >= 11 is 3.64. The number of anilines is 1. The normalized spacial score (nSPS) is 28.5. The van der Waals surface area contributed by atoms with Gasteiger partial charge in [-0.15, -0.1) is 0 Å². The molecule has 2 fully saturated rings. The van der Waals surface area contributed by atoms with E-state index in [0.29, 0.717) is 6.04 Å². The summed E-state index contributed by atoms with van der Waals surface area (Å²) in [6.45, 7) is 13.9. The van der Waals surface area contributed by atoms with Crippen LogP contribution in [0.4, 0.5) is 5.69 Å². The molecular formula is C21H31BrN2O2. The Hall–Kier alpha value is -0.620. The van der Waals surface area contributed by atoms with Gasteiger partial charge in [-0.25, -0.2) is 0 Å². The summed E-state index contributed by atoms with van der Waals surface area (Å²) in [6, 6.07) is 7.43. The first-order valence-corrected chi connectivity index (χ1v) is 10.6. The Balaban J connectivity index is 1.37. The van der Waals surface area contributed by atoms with Crippen molar-refractivity contribution in [1.82, 2.24) is 4.90 Å². The number of halogens is 1. The standard InChI is InChI=1S/C21H31BrN2O2/c1-20(2)14-24(19-6-5-15(22)11-18(19)20)16-7-9-23(10-8-16)12-17-13-25-21(3,4)26-17/h5-6,11,16-17H,7-10,12-14H2,1-4H3. The molecule has 1 unspecified atom stereocenters. The van der Waals surface area contributed by atoms with Crippen LogP contribution >= 0.6 is 15.9 Å². The zero-order valence-corrected chi connectivity index (χ0v) is 18.0. The first-order chi connectivity index (χ1) is 12.2.